The van der Waals surface area contributed by atoms with Crippen molar-refractivity contribution in [3.63, 3.8) is 0 Å². The Morgan fingerprint density at radius 2 is 1.77 bits per heavy atom. The van der Waals surface area contributed by atoms with Gasteiger partial charge in [-0.1, -0.05) is 42.5 Å². The van der Waals surface area contributed by atoms with Gasteiger partial charge in [0, 0.05) is 18.8 Å². The van der Waals surface area contributed by atoms with Gasteiger partial charge < -0.3 is 20.6 Å². The maximum Gasteiger partial charge on any atom is 0.404 e. The molecule has 0 saturated carbocycles. The summed E-state index contributed by atoms with van der Waals surface area (Å²) in [6.45, 7) is 0.955. The number of hydrogen-bond donors (Lipinski definition) is 3. The van der Waals surface area contributed by atoms with Crippen LogP contribution in [0.4, 0.5) is 15.3 Å². The molecule has 2 aliphatic heterocycles. The monoisotopic (exact) mass is 424 g/mol. The van der Waals surface area contributed by atoms with Crippen molar-refractivity contribution in [1.29, 1.82) is 0 Å². The fourth-order valence-electron chi connectivity index (χ4n) is 3.90. The summed E-state index contributed by atoms with van der Waals surface area (Å²) in [5.74, 6) is -0.242. The van der Waals surface area contributed by atoms with Gasteiger partial charge >= 0.3 is 12.1 Å². The number of hydroxylamine groups is 2. The molecule has 2 heterocycles. The molecule has 2 aliphatic rings. The van der Waals surface area contributed by atoms with Crippen LogP contribution in [-0.2, 0) is 22.8 Å². The van der Waals surface area contributed by atoms with E-state index < -0.39 is 12.1 Å². The average Bonchev–Trinajstić information content (AvgIpc) is 3.02. The number of carbonyl (C=O) groups excluding carboxylic acids is 2. The molecule has 9 nitrogen and oxygen atoms in total. The zero-order chi connectivity index (χ0) is 21.8. The Labute approximate surface area is 179 Å². The number of benzene rings is 2. The Kier molecular flexibility index (Phi) is 6.03. The molecular weight excluding hydrogens is 400 g/mol. The van der Waals surface area contributed by atoms with E-state index in [0.717, 1.165) is 11.1 Å². The van der Waals surface area contributed by atoms with E-state index in [1.165, 1.54) is 5.06 Å². The molecule has 2 saturated heterocycles. The van der Waals surface area contributed by atoms with E-state index in [9.17, 15) is 14.4 Å². The topological polar surface area (TPSA) is 111 Å². The molecule has 2 bridgehead atoms. The summed E-state index contributed by atoms with van der Waals surface area (Å²) in [5, 5.41) is 15.2. The molecule has 0 spiro atoms. The maximum absolute atomic E-state index is 12.8. The molecule has 0 aromatic heterocycles. The van der Waals surface area contributed by atoms with Gasteiger partial charge in [-0.3, -0.25) is 9.63 Å². The van der Waals surface area contributed by atoms with E-state index in [0.29, 0.717) is 31.7 Å². The van der Waals surface area contributed by atoms with Crippen LogP contribution in [0.15, 0.2) is 54.6 Å². The van der Waals surface area contributed by atoms with Crippen molar-refractivity contribution in [1.82, 2.24) is 15.3 Å². The van der Waals surface area contributed by atoms with Crippen molar-refractivity contribution in [3.05, 3.63) is 65.7 Å². The third-order valence-corrected chi connectivity index (χ3v) is 5.50. The SMILES string of the molecule is O=C(O)NCc1ccc(NC(=O)[C@@H]2CC[C@@H]3CN2C(=O)N3OCc2ccccc2)cc1. The van der Waals surface area contributed by atoms with Gasteiger partial charge in [-0.15, -0.1) is 0 Å². The van der Waals surface area contributed by atoms with Crippen molar-refractivity contribution in [2.24, 2.45) is 0 Å². The number of carboxylic acid groups (broad SMARTS) is 1. The molecule has 31 heavy (non-hydrogen) atoms. The second kappa shape index (κ2) is 9.05. The molecule has 4 amide bonds. The Morgan fingerprint density at radius 1 is 1.03 bits per heavy atom. The van der Waals surface area contributed by atoms with E-state index in [2.05, 4.69) is 10.6 Å². The van der Waals surface area contributed by atoms with Gasteiger partial charge in [0.2, 0.25) is 5.91 Å². The zero-order valence-corrected chi connectivity index (χ0v) is 16.9. The van der Waals surface area contributed by atoms with Gasteiger partial charge in [0.05, 0.1) is 6.04 Å². The summed E-state index contributed by atoms with van der Waals surface area (Å²) >= 11 is 0. The molecule has 2 fully saturated rings. The minimum Gasteiger partial charge on any atom is -0.465 e. The van der Waals surface area contributed by atoms with E-state index >= 15 is 0 Å². The summed E-state index contributed by atoms with van der Waals surface area (Å²) < 4.78 is 0. The van der Waals surface area contributed by atoms with Crippen LogP contribution in [0.3, 0.4) is 0 Å². The first-order valence-electron chi connectivity index (χ1n) is 10.1. The van der Waals surface area contributed by atoms with Crippen molar-refractivity contribution < 1.29 is 24.3 Å². The Morgan fingerprint density at radius 3 is 2.48 bits per heavy atom. The first-order chi connectivity index (χ1) is 15.0. The zero-order valence-electron chi connectivity index (χ0n) is 16.9. The van der Waals surface area contributed by atoms with Crippen molar-refractivity contribution in [2.75, 3.05) is 11.9 Å². The molecule has 4 rings (SSSR count). The van der Waals surface area contributed by atoms with E-state index in [4.69, 9.17) is 9.94 Å². The lowest BCUT2D eigenvalue weighted by Crippen LogP contribution is -2.47. The first kappa shape index (κ1) is 20.7. The van der Waals surface area contributed by atoms with Crippen LogP contribution in [0, 0.1) is 0 Å². The highest BCUT2D eigenvalue weighted by atomic mass is 16.7. The number of anilines is 1. The fourth-order valence-corrected chi connectivity index (χ4v) is 3.90. The normalized spacial score (nSPS) is 19.9. The summed E-state index contributed by atoms with van der Waals surface area (Å²) in [6.07, 6.45) is 0.160. The molecule has 2 atom stereocenters. The van der Waals surface area contributed by atoms with Gasteiger partial charge in [0.1, 0.15) is 12.6 Å². The summed E-state index contributed by atoms with van der Waals surface area (Å²) in [6, 6.07) is 15.6. The molecule has 0 unspecified atom stereocenters. The highest BCUT2D eigenvalue weighted by Crippen LogP contribution is 2.31. The summed E-state index contributed by atoms with van der Waals surface area (Å²) in [7, 11) is 0. The summed E-state index contributed by atoms with van der Waals surface area (Å²) in [4.78, 5) is 43.6. The fraction of sp³-hybridized carbons (Fsp3) is 0.318. The standard InChI is InChI=1S/C22H24N4O5/c27-20(24-17-8-6-15(7-9-17)12-23-21(28)29)19-11-10-18-13-25(19)22(30)26(18)31-14-16-4-2-1-3-5-16/h1-9,18-19,23H,10-14H2,(H,24,27)(H,28,29)/t18-,19+/m1/s1. The number of hydrogen-bond acceptors (Lipinski definition) is 4. The number of urea groups is 1. The maximum atomic E-state index is 12.8. The van der Waals surface area contributed by atoms with Crippen LogP contribution in [0.1, 0.15) is 24.0 Å². The van der Waals surface area contributed by atoms with Gasteiger partial charge in [-0.2, -0.15) is 5.06 Å². The minimum atomic E-state index is -1.09. The predicted molar refractivity (Wildman–Crippen MR) is 112 cm³/mol. The van der Waals surface area contributed by atoms with Crippen LogP contribution in [0.5, 0.6) is 0 Å². The number of carbonyl (C=O) groups is 3. The van der Waals surface area contributed by atoms with Crippen LogP contribution in [-0.4, -0.2) is 51.7 Å². The highest BCUT2D eigenvalue weighted by molar-refractivity contribution is 5.97. The summed E-state index contributed by atoms with van der Waals surface area (Å²) in [5.41, 5.74) is 2.35. The van der Waals surface area contributed by atoms with Crippen molar-refractivity contribution in [3.8, 4) is 0 Å². The number of amides is 4. The Hall–Kier alpha value is -3.59. The molecule has 0 aliphatic carbocycles. The third-order valence-electron chi connectivity index (χ3n) is 5.50. The number of nitrogens with one attached hydrogen (secondary N) is 2. The van der Waals surface area contributed by atoms with Crippen molar-refractivity contribution in [2.45, 2.75) is 38.1 Å². The predicted octanol–water partition coefficient (Wildman–Crippen LogP) is 2.79. The van der Waals surface area contributed by atoms with Crippen molar-refractivity contribution >= 4 is 23.7 Å². The van der Waals surface area contributed by atoms with Gasteiger partial charge in [-0.05, 0) is 36.1 Å². The molecule has 0 radical (unpaired) electrons. The molecular formula is C22H24N4O5. The largest absolute Gasteiger partial charge is 0.465 e. The highest BCUT2D eigenvalue weighted by Gasteiger charge is 2.47. The van der Waals surface area contributed by atoms with E-state index in [1.807, 2.05) is 30.3 Å². The Bertz CT molecular complexity index is 950. The third kappa shape index (κ3) is 4.77. The molecule has 9 heteroatoms. The van der Waals surface area contributed by atoms with Crippen LogP contribution >= 0.6 is 0 Å². The lowest BCUT2D eigenvalue weighted by molar-refractivity contribution is -0.140. The molecule has 162 valence electrons. The lowest BCUT2D eigenvalue weighted by Gasteiger charge is -2.29. The average molecular weight is 424 g/mol. The molecule has 3 N–H and O–H groups in total. The van der Waals surface area contributed by atoms with Crippen LogP contribution in [0.25, 0.3) is 0 Å². The quantitative estimate of drug-likeness (QED) is 0.633. The smallest absolute Gasteiger partial charge is 0.404 e. The van der Waals surface area contributed by atoms with Gasteiger partial charge in [0.25, 0.3) is 0 Å². The second-order valence-electron chi connectivity index (χ2n) is 7.61. The van der Waals surface area contributed by atoms with E-state index in [-0.39, 0.29) is 24.5 Å². The number of nitrogens with zero attached hydrogens (tertiary/aromatic N) is 2. The minimum absolute atomic E-state index is 0.0544. The van der Waals surface area contributed by atoms with Crippen LogP contribution < -0.4 is 10.6 Å². The number of fused-ring (bicyclic) bond motifs is 2. The second-order valence-corrected chi connectivity index (χ2v) is 7.61. The Balaban J connectivity index is 1.34. The molecule has 2 aromatic carbocycles. The van der Waals surface area contributed by atoms with E-state index in [1.54, 1.807) is 29.2 Å². The van der Waals surface area contributed by atoms with Gasteiger partial charge in [0.15, 0.2) is 0 Å². The van der Waals surface area contributed by atoms with Crippen LogP contribution in [0.2, 0.25) is 0 Å². The molecule has 2 aromatic rings. The first-order valence-corrected chi connectivity index (χ1v) is 10.1. The lowest BCUT2D eigenvalue weighted by atomic mass is 10.00. The number of rotatable bonds is 7. The number of piperidine rings is 1. The van der Waals surface area contributed by atoms with Gasteiger partial charge in [-0.25, -0.2) is 9.59 Å².